The third-order valence-electron chi connectivity index (χ3n) is 3.42. The molecular weight excluding hydrogens is 356 g/mol. The summed E-state index contributed by atoms with van der Waals surface area (Å²) in [5, 5.41) is 23.7. The van der Waals surface area contributed by atoms with Crippen LogP contribution in [0.1, 0.15) is 19.4 Å². The van der Waals surface area contributed by atoms with Crippen LogP contribution in [-0.4, -0.2) is 25.8 Å². The van der Waals surface area contributed by atoms with Crippen molar-refractivity contribution in [3.63, 3.8) is 0 Å². The molecule has 0 saturated heterocycles. The Morgan fingerprint density at radius 2 is 2.00 bits per heavy atom. The quantitative estimate of drug-likeness (QED) is 0.511. The van der Waals surface area contributed by atoms with Gasteiger partial charge in [-0.25, -0.2) is 9.97 Å². The zero-order chi connectivity index (χ0) is 18.0. The normalized spacial score (nSPS) is 11.2. The SMILES string of the molecule is CC(C)(Sc1nc(Nc2ccc(C#N)cc2)c2sccc2n1)C(=O)O. The molecule has 3 rings (SSSR count). The van der Waals surface area contributed by atoms with Gasteiger partial charge in [0.15, 0.2) is 11.0 Å². The van der Waals surface area contributed by atoms with Gasteiger partial charge in [-0.1, -0.05) is 11.8 Å². The first-order valence-corrected chi connectivity index (χ1v) is 9.03. The summed E-state index contributed by atoms with van der Waals surface area (Å²) in [5.74, 6) is -0.304. The van der Waals surface area contributed by atoms with Gasteiger partial charge in [-0.05, 0) is 49.6 Å². The van der Waals surface area contributed by atoms with Crippen molar-refractivity contribution in [3.05, 3.63) is 41.3 Å². The molecule has 25 heavy (non-hydrogen) atoms. The number of hydrogen-bond acceptors (Lipinski definition) is 7. The summed E-state index contributed by atoms with van der Waals surface area (Å²) in [7, 11) is 0. The lowest BCUT2D eigenvalue weighted by atomic mass is 10.2. The van der Waals surface area contributed by atoms with E-state index >= 15 is 0 Å². The molecule has 3 aromatic rings. The molecule has 0 atom stereocenters. The van der Waals surface area contributed by atoms with Crippen LogP contribution < -0.4 is 5.32 Å². The number of nitrogens with zero attached hydrogens (tertiary/aromatic N) is 3. The second-order valence-electron chi connectivity index (χ2n) is 5.72. The van der Waals surface area contributed by atoms with E-state index in [0.717, 1.165) is 27.7 Å². The molecule has 0 aliphatic heterocycles. The van der Waals surface area contributed by atoms with Gasteiger partial charge in [0.05, 0.1) is 21.8 Å². The third kappa shape index (κ3) is 3.73. The number of carbonyl (C=O) groups is 1. The highest BCUT2D eigenvalue weighted by Gasteiger charge is 2.30. The van der Waals surface area contributed by atoms with Gasteiger partial charge in [0, 0.05) is 5.69 Å². The summed E-state index contributed by atoms with van der Waals surface area (Å²) in [4.78, 5) is 20.3. The molecule has 2 heterocycles. The fourth-order valence-corrected chi connectivity index (χ4v) is 3.61. The monoisotopic (exact) mass is 370 g/mol. The molecule has 0 aliphatic rings. The van der Waals surface area contributed by atoms with Crippen LogP contribution in [-0.2, 0) is 4.79 Å². The molecule has 0 aliphatic carbocycles. The van der Waals surface area contributed by atoms with Crippen LogP contribution >= 0.6 is 23.1 Å². The average Bonchev–Trinajstić information content (AvgIpc) is 3.03. The van der Waals surface area contributed by atoms with E-state index in [9.17, 15) is 9.90 Å². The maximum absolute atomic E-state index is 11.4. The number of fused-ring (bicyclic) bond motifs is 1. The second-order valence-corrected chi connectivity index (χ2v) is 8.23. The molecule has 0 spiro atoms. The Balaban J connectivity index is 1.97. The Labute approximate surface area is 152 Å². The van der Waals surface area contributed by atoms with Crippen molar-refractivity contribution in [2.75, 3.05) is 5.32 Å². The number of aliphatic carboxylic acids is 1. The molecule has 8 heteroatoms. The first-order valence-electron chi connectivity index (χ1n) is 7.34. The van der Waals surface area contributed by atoms with E-state index in [1.165, 1.54) is 11.3 Å². The first kappa shape index (κ1) is 17.2. The number of benzene rings is 1. The molecule has 0 unspecified atom stereocenters. The number of nitrogens with one attached hydrogen (secondary N) is 1. The topological polar surface area (TPSA) is 98.9 Å². The van der Waals surface area contributed by atoms with Gasteiger partial charge in [0.2, 0.25) is 0 Å². The molecule has 0 fully saturated rings. The van der Waals surface area contributed by atoms with Gasteiger partial charge in [0.25, 0.3) is 0 Å². The summed E-state index contributed by atoms with van der Waals surface area (Å²) in [6.07, 6.45) is 0. The van der Waals surface area contributed by atoms with Crippen LogP contribution in [0.25, 0.3) is 10.2 Å². The van der Waals surface area contributed by atoms with Crippen molar-refractivity contribution in [2.24, 2.45) is 0 Å². The maximum atomic E-state index is 11.4. The molecule has 2 N–H and O–H groups in total. The number of carboxylic acid groups (broad SMARTS) is 1. The Kier molecular flexibility index (Phi) is 4.61. The Morgan fingerprint density at radius 1 is 1.28 bits per heavy atom. The van der Waals surface area contributed by atoms with E-state index in [4.69, 9.17) is 5.26 Å². The van der Waals surface area contributed by atoms with E-state index in [2.05, 4.69) is 21.4 Å². The molecule has 6 nitrogen and oxygen atoms in total. The molecule has 126 valence electrons. The summed E-state index contributed by atoms with van der Waals surface area (Å²) in [5.41, 5.74) is 2.13. The van der Waals surface area contributed by atoms with Crippen LogP contribution in [0.5, 0.6) is 0 Å². The fraction of sp³-hybridized carbons (Fsp3) is 0.176. The standard InChI is InChI=1S/C17H14N4O2S2/c1-17(2,15(22)23)25-16-20-12-7-8-24-13(12)14(21-16)19-11-5-3-10(9-18)4-6-11/h3-8H,1-2H3,(H,22,23)(H,19,20,21). The van der Waals surface area contributed by atoms with Crippen molar-refractivity contribution >= 4 is 50.8 Å². The fourth-order valence-electron chi connectivity index (χ4n) is 2.01. The molecule has 0 radical (unpaired) electrons. The number of hydrogen-bond donors (Lipinski definition) is 2. The average molecular weight is 370 g/mol. The predicted molar refractivity (Wildman–Crippen MR) is 99.4 cm³/mol. The molecule has 0 saturated carbocycles. The van der Waals surface area contributed by atoms with E-state index < -0.39 is 10.7 Å². The molecule has 2 aromatic heterocycles. The highest BCUT2D eigenvalue weighted by Crippen LogP contribution is 2.35. The summed E-state index contributed by atoms with van der Waals surface area (Å²) < 4.78 is -0.142. The highest BCUT2D eigenvalue weighted by molar-refractivity contribution is 8.01. The number of rotatable bonds is 5. The number of aromatic nitrogens is 2. The van der Waals surface area contributed by atoms with Crippen molar-refractivity contribution < 1.29 is 9.90 Å². The lowest BCUT2D eigenvalue weighted by Crippen LogP contribution is -2.27. The van der Waals surface area contributed by atoms with Gasteiger partial charge in [0.1, 0.15) is 4.75 Å². The number of nitriles is 1. The minimum absolute atomic E-state index is 0.398. The van der Waals surface area contributed by atoms with Crippen LogP contribution in [0.15, 0.2) is 40.9 Å². The minimum atomic E-state index is -1.03. The number of anilines is 2. The van der Waals surface area contributed by atoms with Crippen molar-refractivity contribution in [1.82, 2.24) is 9.97 Å². The van der Waals surface area contributed by atoms with Gasteiger partial charge in [-0.2, -0.15) is 5.26 Å². The molecular formula is C17H14N4O2S2. The lowest BCUT2D eigenvalue weighted by Gasteiger charge is -2.17. The van der Waals surface area contributed by atoms with Crippen LogP contribution in [0, 0.1) is 11.3 Å². The first-order chi connectivity index (χ1) is 11.9. The molecule has 0 bridgehead atoms. The number of thiophene rings is 1. The van der Waals surface area contributed by atoms with E-state index in [0.29, 0.717) is 16.5 Å². The van der Waals surface area contributed by atoms with Gasteiger partial charge >= 0.3 is 5.97 Å². The number of carboxylic acids is 1. The second kappa shape index (κ2) is 6.70. The summed E-state index contributed by atoms with van der Waals surface area (Å²) in [6, 6.07) is 11.0. The summed E-state index contributed by atoms with van der Waals surface area (Å²) >= 11 is 2.61. The number of thioether (sulfide) groups is 1. The zero-order valence-corrected chi connectivity index (χ0v) is 15.1. The third-order valence-corrected chi connectivity index (χ3v) is 5.38. The Bertz CT molecular complexity index is 974. The highest BCUT2D eigenvalue weighted by atomic mass is 32.2. The predicted octanol–water partition coefficient (Wildman–Crippen LogP) is 4.26. The van der Waals surface area contributed by atoms with Crippen LogP contribution in [0.4, 0.5) is 11.5 Å². The summed E-state index contributed by atoms with van der Waals surface area (Å²) in [6.45, 7) is 3.24. The van der Waals surface area contributed by atoms with E-state index in [-0.39, 0.29) is 0 Å². The van der Waals surface area contributed by atoms with Crippen molar-refractivity contribution in [2.45, 2.75) is 23.8 Å². The Morgan fingerprint density at radius 3 is 2.64 bits per heavy atom. The van der Waals surface area contributed by atoms with Crippen molar-refractivity contribution in [1.29, 1.82) is 5.26 Å². The zero-order valence-electron chi connectivity index (χ0n) is 13.5. The van der Waals surface area contributed by atoms with E-state index in [1.54, 1.807) is 38.1 Å². The van der Waals surface area contributed by atoms with Crippen LogP contribution in [0.3, 0.4) is 0 Å². The maximum Gasteiger partial charge on any atom is 0.319 e. The Hall–Kier alpha value is -2.63. The smallest absolute Gasteiger partial charge is 0.319 e. The van der Waals surface area contributed by atoms with Gasteiger partial charge in [-0.3, -0.25) is 4.79 Å². The lowest BCUT2D eigenvalue weighted by molar-refractivity contribution is -0.138. The van der Waals surface area contributed by atoms with Crippen molar-refractivity contribution in [3.8, 4) is 6.07 Å². The largest absolute Gasteiger partial charge is 0.480 e. The molecule has 0 amide bonds. The van der Waals surface area contributed by atoms with E-state index in [1.807, 2.05) is 11.4 Å². The molecule has 1 aromatic carbocycles. The minimum Gasteiger partial charge on any atom is -0.480 e. The van der Waals surface area contributed by atoms with Crippen LogP contribution in [0.2, 0.25) is 0 Å². The van der Waals surface area contributed by atoms with Gasteiger partial charge < -0.3 is 10.4 Å². The van der Waals surface area contributed by atoms with Gasteiger partial charge in [-0.15, -0.1) is 11.3 Å².